The number of likely N-dealkylation sites (tertiary alicyclic amines) is 1. The number of carbonyl (C=O) groups excluding carboxylic acids is 2. The predicted octanol–water partition coefficient (Wildman–Crippen LogP) is 6.30. The van der Waals surface area contributed by atoms with E-state index in [1.54, 1.807) is 44.4 Å². The lowest BCUT2D eigenvalue weighted by atomic mass is 9.91. The molecule has 1 atom stereocenters. The largest absolute Gasteiger partial charge is 0.494 e. The molecule has 2 amide bonds. The molecule has 2 aromatic rings. The van der Waals surface area contributed by atoms with Crippen LogP contribution in [0.4, 0.5) is 8.96 Å². The van der Waals surface area contributed by atoms with Gasteiger partial charge in [-0.05, 0) is 67.5 Å². The van der Waals surface area contributed by atoms with E-state index in [-0.39, 0.29) is 11.5 Å². The maximum Gasteiger partial charge on any atom is 0.254 e. The van der Waals surface area contributed by atoms with Crippen LogP contribution in [-0.2, 0) is 4.79 Å². The van der Waals surface area contributed by atoms with Crippen molar-refractivity contribution in [2.24, 2.45) is 5.92 Å². The minimum atomic E-state index is -1.65. The summed E-state index contributed by atoms with van der Waals surface area (Å²) in [5, 5.41) is -0.371. The minimum Gasteiger partial charge on any atom is -0.494 e. The lowest BCUT2D eigenvalue weighted by molar-refractivity contribution is -0.200. The molecule has 2 aromatic carbocycles. The highest BCUT2D eigenvalue weighted by Gasteiger charge is 2.34. The minimum absolute atomic E-state index is 0.161. The molecule has 1 aliphatic heterocycles. The first-order valence-corrected chi connectivity index (χ1v) is 12.7. The van der Waals surface area contributed by atoms with Gasteiger partial charge in [-0.1, -0.05) is 41.8 Å². The highest BCUT2D eigenvalue weighted by atomic mass is 35.5. The van der Waals surface area contributed by atoms with Crippen molar-refractivity contribution >= 4 is 35.0 Å². The fourth-order valence-corrected chi connectivity index (χ4v) is 4.81. The van der Waals surface area contributed by atoms with Crippen LogP contribution in [0.3, 0.4) is 0 Å². The summed E-state index contributed by atoms with van der Waals surface area (Å²) < 4.78 is 32.9. The molecule has 0 aliphatic carbocycles. The summed E-state index contributed by atoms with van der Waals surface area (Å²) in [6, 6.07) is 9.44. The Morgan fingerprint density at radius 2 is 1.81 bits per heavy atom. The lowest BCUT2D eigenvalue weighted by Gasteiger charge is -2.34. The summed E-state index contributed by atoms with van der Waals surface area (Å²) in [5.41, 5.74) is 0.614. The van der Waals surface area contributed by atoms with Crippen molar-refractivity contribution in [3.05, 3.63) is 63.6 Å². The Labute approximate surface area is 220 Å². The number of ether oxygens (including phenoxy) is 1. The average molecular weight is 542 g/mol. The van der Waals surface area contributed by atoms with Gasteiger partial charge in [-0.2, -0.15) is 0 Å². The van der Waals surface area contributed by atoms with Gasteiger partial charge in [0.05, 0.1) is 17.2 Å². The number of rotatable bonds is 10. The molecule has 0 N–H and O–H groups in total. The van der Waals surface area contributed by atoms with Gasteiger partial charge in [0.1, 0.15) is 5.75 Å². The number of hydrogen-bond acceptors (Lipinski definition) is 4. The molecule has 1 aliphatic rings. The van der Waals surface area contributed by atoms with Crippen molar-refractivity contribution < 1.29 is 23.3 Å². The Morgan fingerprint density at radius 3 is 2.42 bits per heavy atom. The lowest BCUT2D eigenvalue weighted by Crippen LogP contribution is -2.43. The number of unbranched alkanes of at least 4 members (excludes halogenated alkanes) is 1. The molecule has 0 radical (unpaired) electrons. The number of amides is 2. The molecule has 0 aromatic heterocycles. The Kier molecular flexibility index (Phi) is 10.3. The molecular formula is C26H31Cl2F2N3O3. The monoisotopic (exact) mass is 541 g/mol. The highest BCUT2D eigenvalue weighted by molar-refractivity contribution is 6.34. The molecule has 10 heteroatoms. The van der Waals surface area contributed by atoms with E-state index < -0.39 is 17.3 Å². The zero-order chi connectivity index (χ0) is 26.2. The van der Waals surface area contributed by atoms with E-state index in [0.717, 1.165) is 32.1 Å². The topological polar surface area (TPSA) is 53.1 Å². The van der Waals surface area contributed by atoms with Crippen LogP contribution >= 0.6 is 23.2 Å². The van der Waals surface area contributed by atoms with Crippen molar-refractivity contribution in [2.45, 2.75) is 38.1 Å². The molecular weight excluding hydrogens is 511 g/mol. The molecule has 0 bridgehead atoms. The van der Waals surface area contributed by atoms with Crippen molar-refractivity contribution in [3.8, 4) is 5.75 Å². The van der Waals surface area contributed by atoms with Gasteiger partial charge in [0.15, 0.2) is 6.04 Å². The van der Waals surface area contributed by atoms with E-state index >= 15 is 0 Å². The number of hydrogen-bond donors (Lipinski definition) is 0. The summed E-state index contributed by atoms with van der Waals surface area (Å²) >= 11 is 12.1. The second-order valence-electron chi connectivity index (χ2n) is 9.17. The molecule has 1 saturated heterocycles. The summed E-state index contributed by atoms with van der Waals surface area (Å²) in [5.74, 6) is 0.291. The first kappa shape index (κ1) is 28.2. The number of piperidine rings is 1. The molecule has 196 valence electrons. The van der Waals surface area contributed by atoms with Crippen molar-refractivity contribution in [1.29, 1.82) is 0 Å². The summed E-state index contributed by atoms with van der Waals surface area (Å²) in [6.45, 7) is 1.45. The maximum absolute atomic E-state index is 13.6. The van der Waals surface area contributed by atoms with E-state index in [1.165, 1.54) is 21.9 Å². The van der Waals surface area contributed by atoms with E-state index in [2.05, 4.69) is 0 Å². The van der Waals surface area contributed by atoms with Crippen LogP contribution in [0, 0.1) is 5.92 Å². The van der Waals surface area contributed by atoms with Gasteiger partial charge in [0.2, 0.25) is 5.91 Å². The summed E-state index contributed by atoms with van der Waals surface area (Å²) in [6.07, 6.45) is 4.36. The van der Waals surface area contributed by atoms with Gasteiger partial charge < -0.3 is 14.5 Å². The normalized spacial score (nSPS) is 15.1. The molecule has 3 rings (SSSR count). The van der Waals surface area contributed by atoms with Crippen LogP contribution in [0.25, 0.3) is 0 Å². The highest BCUT2D eigenvalue weighted by Crippen LogP contribution is 2.30. The van der Waals surface area contributed by atoms with Crippen LogP contribution in [0.5, 0.6) is 5.75 Å². The van der Waals surface area contributed by atoms with Gasteiger partial charge in [-0.3, -0.25) is 9.59 Å². The number of halogens is 4. The van der Waals surface area contributed by atoms with Crippen molar-refractivity contribution in [3.63, 3.8) is 0 Å². The number of nitrogens with zero attached hydrogens (tertiary/aromatic N) is 3. The Morgan fingerprint density at radius 1 is 1.08 bits per heavy atom. The van der Waals surface area contributed by atoms with Gasteiger partial charge in [-0.15, -0.1) is 8.96 Å². The third-order valence-corrected chi connectivity index (χ3v) is 6.92. The zero-order valence-electron chi connectivity index (χ0n) is 20.4. The van der Waals surface area contributed by atoms with Crippen LogP contribution in [0.15, 0.2) is 42.5 Å². The van der Waals surface area contributed by atoms with Crippen LogP contribution < -0.4 is 4.74 Å². The third kappa shape index (κ3) is 7.54. The molecule has 0 saturated carbocycles. The van der Waals surface area contributed by atoms with Crippen molar-refractivity contribution in [2.75, 3.05) is 33.8 Å². The molecule has 36 heavy (non-hydrogen) atoms. The quantitative estimate of drug-likeness (QED) is 0.262. The maximum atomic E-state index is 13.6. The molecule has 1 unspecified atom stereocenters. The Hall–Kier alpha value is -2.42. The van der Waals surface area contributed by atoms with Crippen molar-refractivity contribution in [1.82, 2.24) is 15.1 Å². The first-order valence-electron chi connectivity index (χ1n) is 12.0. The fourth-order valence-electron chi connectivity index (χ4n) is 4.36. The van der Waals surface area contributed by atoms with Gasteiger partial charge in [-0.25, -0.2) is 0 Å². The SMILES string of the molecule is CN(C)C(=O)c1ccc(OCCCCC2CCN(C(=O)C(c3cccc(Cl)c3)N(F)F)CC2)cc1Cl. The fraction of sp³-hybridized carbons (Fsp3) is 0.462. The summed E-state index contributed by atoms with van der Waals surface area (Å²) in [4.78, 5) is 27.9. The molecule has 6 nitrogen and oxygen atoms in total. The Bertz CT molecular complexity index is 1050. The van der Waals surface area contributed by atoms with Gasteiger partial charge in [0.25, 0.3) is 5.91 Å². The molecule has 1 fully saturated rings. The third-order valence-electron chi connectivity index (χ3n) is 6.37. The van der Waals surface area contributed by atoms with E-state index in [0.29, 0.717) is 47.0 Å². The van der Waals surface area contributed by atoms with Crippen LogP contribution in [0.1, 0.15) is 54.1 Å². The second-order valence-corrected chi connectivity index (χ2v) is 10.0. The summed E-state index contributed by atoms with van der Waals surface area (Å²) in [7, 11) is 3.34. The Balaban J connectivity index is 1.39. The van der Waals surface area contributed by atoms with Crippen LogP contribution in [-0.4, -0.2) is 60.8 Å². The van der Waals surface area contributed by atoms with E-state index in [4.69, 9.17) is 27.9 Å². The second kappa shape index (κ2) is 13.2. The van der Waals surface area contributed by atoms with Crippen LogP contribution in [0.2, 0.25) is 10.0 Å². The van der Waals surface area contributed by atoms with E-state index in [9.17, 15) is 18.6 Å². The predicted molar refractivity (Wildman–Crippen MR) is 136 cm³/mol. The van der Waals surface area contributed by atoms with Gasteiger partial charge >= 0.3 is 0 Å². The molecule has 0 spiro atoms. The van der Waals surface area contributed by atoms with E-state index in [1.807, 2.05) is 0 Å². The van der Waals surface area contributed by atoms with Gasteiger partial charge in [0, 0.05) is 37.6 Å². The number of benzene rings is 2. The number of carbonyl (C=O) groups is 2. The average Bonchev–Trinajstić information content (AvgIpc) is 2.83. The molecule has 1 heterocycles. The smallest absolute Gasteiger partial charge is 0.254 e. The zero-order valence-corrected chi connectivity index (χ0v) is 21.9. The standard InChI is InChI=1S/C26H31Cl2F2N3O3/c1-31(2)25(34)22-10-9-21(17-23(22)28)36-15-4-3-6-18-11-13-32(14-12-18)26(35)24(33(29)30)19-7-5-8-20(27)16-19/h5,7-10,16-18,24H,3-4,6,11-15H2,1-2H3. The first-order chi connectivity index (χ1) is 17.2.